The molecule has 1 fully saturated rings. The number of hydrogen-bond acceptors (Lipinski definition) is 6. The number of benzene rings is 2. The third-order valence-corrected chi connectivity index (χ3v) is 6.67. The second-order valence-corrected chi connectivity index (χ2v) is 12.9. The highest BCUT2D eigenvalue weighted by atomic mass is 19.1. The van der Waals surface area contributed by atoms with Gasteiger partial charge in [0.1, 0.15) is 28.6 Å². The van der Waals surface area contributed by atoms with Gasteiger partial charge in [-0.2, -0.15) is 0 Å². The minimum absolute atomic E-state index is 0.0505. The van der Waals surface area contributed by atoms with E-state index in [0.29, 0.717) is 11.3 Å². The van der Waals surface area contributed by atoms with Crippen molar-refractivity contribution >= 4 is 24.2 Å². The molecule has 1 aliphatic rings. The van der Waals surface area contributed by atoms with Gasteiger partial charge in [-0.1, -0.05) is 19.1 Å². The maximum absolute atomic E-state index is 15.6. The van der Waals surface area contributed by atoms with Crippen LogP contribution in [0.15, 0.2) is 41.4 Å². The fourth-order valence-corrected chi connectivity index (χ4v) is 4.68. The Kier molecular flexibility index (Phi) is 10.7. The third kappa shape index (κ3) is 9.29. The lowest BCUT2D eigenvalue weighted by molar-refractivity contribution is 0.0300. The van der Waals surface area contributed by atoms with Crippen molar-refractivity contribution in [2.45, 2.75) is 72.1 Å². The van der Waals surface area contributed by atoms with Gasteiger partial charge in [0, 0.05) is 25.6 Å². The van der Waals surface area contributed by atoms with Gasteiger partial charge < -0.3 is 28.9 Å². The first-order valence-corrected chi connectivity index (χ1v) is 14.4. The number of carbonyl (C=O) groups is 3. The van der Waals surface area contributed by atoms with Crippen molar-refractivity contribution in [3.05, 3.63) is 64.7 Å². The minimum Gasteiger partial charge on any atom is -0.497 e. The molecule has 0 bridgehead atoms. The topological polar surface area (TPSA) is 104 Å². The van der Waals surface area contributed by atoms with E-state index < -0.39 is 47.5 Å². The summed E-state index contributed by atoms with van der Waals surface area (Å²) >= 11 is 0. The fraction of sp³-hybridized carbons (Fsp3) is 0.500. The average Bonchev–Trinajstić information content (AvgIpc) is 2.91. The molecule has 1 saturated heterocycles. The fourth-order valence-electron chi connectivity index (χ4n) is 4.68. The summed E-state index contributed by atoms with van der Waals surface area (Å²) < 4.78 is 47.5. The zero-order chi connectivity index (χ0) is 33.9. The van der Waals surface area contributed by atoms with E-state index in [9.17, 15) is 14.4 Å². The Bertz CT molecular complexity index is 1400. The van der Waals surface area contributed by atoms with E-state index in [2.05, 4.69) is 4.99 Å². The summed E-state index contributed by atoms with van der Waals surface area (Å²) in [6, 6.07) is 8.87. The number of methoxy groups -OCH3 is 1. The molecule has 0 aliphatic carbocycles. The lowest BCUT2D eigenvalue weighted by Crippen LogP contribution is -2.60. The van der Waals surface area contributed by atoms with E-state index in [1.807, 2.05) is 0 Å². The molecule has 0 aromatic heterocycles. The molecule has 1 atom stereocenters. The summed E-state index contributed by atoms with van der Waals surface area (Å²) in [5, 5.41) is 0. The van der Waals surface area contributed by atoms with Gasteiger partial charge in [-0.3, -0.25) is 0 Å². The number of ether oxygens (including phenoxy) is 3. The zero-order valence-electron chi connectivity index (χ0n) is 27.6. The molecular weight excluding hydrogens is 588 g/mol. The first-order valence-electron chi connectivity index (χ1n) is 14.4. The Labute approximate surface area is 263 Å². The van der Waals surface area contributed by atoms with Crippen molar-refractivity contribution in [2.75, 3.05) is 34.5 Å². The predicted octanol–water partition coefficient (Wildman–Crippen LogP) is 6.37. The normalized spacial score (nSPS) is 15.2. The maximum Gasteiger partial charge on any atom is 0.437 e. The summed E-state index contributed by atoms with van der Waals surface area (Å²) in [6.45, 7) is 11.1. The van der Waals surface area contributed by atoms with E-state index in [-0.39, 0.29) is 36.5 Å². The Morgan fingerprint density at radius 3 is 1.91 bits per heavy atom. The van der Waals surface area contributed by atoms with E-state index in [1.54, 1.807) is 86.8 Å². The first-order chi connectivity index (χ1) is 20.8. The number of amides is 4. The Balaban J connectivity index is 2.09. The van der Waals surface area contributed by atoms with Gasteiger partial charge in [0.05, 0.1) is 27.0 Å². The molecule has 0 N–H and O–H groups in total. The highest BCUT2D eigenvalue weighted by molar-refractivity contribution is 5.99. The summed E-state index contributed by atoms with van der Waals surface area (Å²) in [6.07, 6.45) is -1.93. The van der Waals surface area contributed by atoms with E-state index in [0.717, 1.165) is 17.0 Å². The molecule has 1 heterocycles. The third-order valence-electron chi connectivity index (χ3n) is 6.67. The second-order valence-electron chi connectivity index (χ2n) is 12.9. The molecule has 0 spiro atoms. The summed E-state index contributed by atoms with van der Waals surface area (Å²) in [7, 11) is 4.62. The van der Waals surface area contributed by atoms with Gasteiger partial charge in [0.15, 0.2) is 0 Å². The Morgan fingerprint density at radius 2 is 1.44 bits per heavy atom. The van der Waals surface area contributed by atoms with Gasteiger partial charge in [0.25, 0.3) is 0 Å². The van der Waals surface area contributed by atoms with Crippen LogP contribution in [-0.2, 0) is 16.0 Å². The van der Waals surface area contributed by atoms with Gasteiger partial charge in [-0.25, -0.2) is 28.1 Å². The van der Waals surface area contributed by atoms with Crippen LogP contribution < -0.4 is 4.74 Å². The van der Waals surface area contributed by atoms with Crippen molar-refractivity contribution in [1.82, 2.24) is 19.6 Å². The van der Waals surface area contributed by atoms with Crippen LogP contribution in [0.4, 0.5) is 23.2 Å². The number of halogens is 2. The predicted molar refractivity (Wildman–Crippen MR) is 165 cm³/mol. The number of nitrogens with zero attached hydrogens (tertiary/aromatic N) is 5. The van der Waals surface area contributed by atoms with Crippen LogP contribution in [0, 0.1) is 11.6 Å². The molecule has 1 aliphatic heterocycles. The first kappa shape index (κ1) is 35.1. The Hall–Kier alpha value is -4.42. The molecule has 3 rings (SSSR count). The standard InChI is InChI=1S/C32H43F2N5O6/c1-20(22-11-13-23(43-10)14-12-22)26-24(33)15-21(16-25(26)34)17-39(30(42)45-32(5,6)7)27(35-28(40)44-31(2,3)4)38-18-36(8)29(41)37(9)19-38/h11-16,20H,17-19H2,1-10H3. The molecule has 2 aromatic rings. The minimum atomic E-state index is -1.01. The molecule has 11 nitrogen and oxygen atoms in total. The van der Waals surface area contributed by atoms with Gasteiger partial charge in [-0.05, 0) is 76.9 Å². The number of hydrogen-bond donors (Lipinski definition) is 0. The molecule has 0 radical (unpaired) electrons. The lowest BCUT2D eigenvalue weighted by atomic mass is 9.91. The SMILES string of the molecule is COc1ccc(C(C)c2c(F)cc(CN(C(=O)OC(C)(C)C)C(=NC(=O)OC(C)(C)C)N3CN(C)C(=O)N(C)C3)cc2F)cc1. The largest absolute Gasteiger partial charge is 0.497 e. The highest BCUT2D eigenvalue weighted by Gasteiger charge is 2.36. The molecule has 1 unspecified atom stereocenters. The van der Waals surface area contributed by atoms with Gasteiger partial charge >= 0.3 is 18.2 Å². The van der Waals surface area contributed by atoms with E-state index in [1.165, 1.54) is 21.8 Å². The van der Waals surface area contributed by atoms with Crippen LogP contribution in [0.1, 0.15) is 71.1 Å². The van der Waals surface area contributed by atoms with Crippen LogP contribution in [0.25, 0.3) is 0 Å². The van der Waals surface area contributed by atoms with Crippen molar-refractivity contribution in [2.24, 2.45) is 4.99 Å². The van der Waals surface area contributed by atoms with Crippen LogP contribution in [-0.4, -0.2) is 89.5 Å². The highest BCUT2D eigenvalue weighted by Crippen LogP contribution is 2.31. The summed E-state index contributed by atoms with van der Waals surface area (Å²) in [4.78, 5) is 48.5. The van der Waals surface area contributed by atoms with Crippen LogP contribution >= 0.6 is 0 Å². The molecule has 45 heavy (non-hydrogen) atoms. The number of carbonyl (C=O) groups excluding carboxylic acids is 3. The zero-order valence-corrected chi connectivity index (χ0v) is 27.6. The van der Waals surface area contributed by atoms with Crippen molar-refractivity contribution in [3.63, 3.8) is 0 Å². The summed E-state index contributed by atoms with van der Waals surface area (Å²) in [5.74, 6) is -1.87. The number of rotatable bonds is 5. The monoisotopic (exact) mass is 631 g/mol. The maximum atomic E-state index is 15.6. The molecule has 0 saturated carbocycles. The second kappa shape index (κ2) is 13.7. The number of aliphatic imine (C=N–C) groups is 1. The molecular formula is C32H43F2N5O6. The lowest BCUT2D eigenvalue weighted by Gasteiger charge is -2.42. The Morgan fingerprint density at radius 1 is 0.933 bits per heavy atom. The van der Waals surface area contributed by atoms with Crippen LogP contribution in [0.3, 0.4) is 0 Å². The van der Waals surface area contributed by atoms with Crippen molar-refractivity contribution < 1.29 is 37.4 Å². The van der Waals surface area contributed by atoms with Crippen molar-refractivity contribution in [1.29, 1.82) is 0 Å². The average molecular weight is 632 g/mol. The number of guanidine groups is 1. The quantitative estimate of drug-likeness (QED) is 0.279. The van der Waals surface area contributed by atoms with E-state index >= 15 is 8.78 Å². The van der Waals surface area contributed by atoms with Crippen LogP contribution in [0.2, 0.25) is 0 Å². The summed E-state index contributed by atoms with van der Waals surface area (Å²) in [5.41, 5.74) is -1.26. The van der Waals surface area contributed by atoms with Crippen LogP contribution in [0.5, 0.6) is 5.75 Å². The molecule has 2 aromatic carbocycles. The van der Waals surface area contributed by atoms with Gasteiger partial charge in [-0.15, -0.1) is 4.99 Å². The van der Waals surface area contributed by atoms with Gasteiger partial charge in [0.2, 0.25) is 5.96 Å². The molecule has 4 amide bonds. The number of urea groups is 1. The molecule has 13 heteroatoms. The molecule has 246 valence electrons. The van der Waals surface area contributed by atoms with E-state index in [4.69, 9.17) is 14.2 Å². The van der Waals surface area contributed by atoms with Crippen molar-refractivity contribution in [3.8, 4) is 5.75 Å². The smallest absolute Gasteiger partial charge is 0.437 e.